The molecule has 4 N–H and O–H groups in total. The molecule has 132 valence electrons. The van der Waals surface area contributed by atoms with Crippen molar-refractivity contribution in [3.63, 3.8) is 0 Å². The summed E-state index contributed by atoms with van der Waals surface area (Å²) in [6, 6.07) is 0. The number of carbonyl (C=O) groups excluding carboxylic acids is 1. The molecule has 1 amide bonds. The number of amides is 1. The minimum absolute atomic E-state index is 0.00823. The Balaban J connectivity index is 1.76. The Kier molecular flexibility index (Phi) is 4.64. The zero-order valence-corrected chi connectivity index (χ0v) is 13.6. The van der Waals surface area contributed by atoms with Crippen molar-refractivity contribution in [1.29, 1.82) is 0 Å². The topological polar surface area (TPSA) is 97.3 Å². The van der Waals surface area contributed by atoms with Gasteiger partial charge in [-0.05, 0) is 24.5 Å². The molecular formula is C16H18F2N6O. The number of nitrogens with zero attached hydrogens (tertiary/aromatic N) is 3. The molecule has 0 bridgehead atoms. The molecule has 1 aliphatic carbocycles. The van der Waals surface area contributed by atoms with Crippen LogP contribution in [0.25, 0.3) is 0 Å². The number of carbonyl (C=O) groups is 1. The monoisotopic (exact) mass is 348 g/mol. The van der Waals surface area contributed by atoms with Gasteiger partial charge in [0, 0.05) is 31.6 Å². The SMILES string of the molecule is Cn1cc(CNC(=O)C(=CN)C2=NC(=C3CC3)C=C(C(F)F)N2)cn1. The molecule has 0 radical (unpaired) electrons. The number of rotatable bonds is 5. The van der Waals surface area contributed by atoms with E-state index in [4.69, 9.17) is 5.73 Å². The maximum Gasteiger partial charge on any atom is 0.278 e. The predicted octanol–water partition coefficient (Wildman–Crippen LogP) is 1.08. The van der Waals surface area contributed by atoms with Gasteiger partial charge in [0.05, 0.1) is 23.2 Å². The van der Waals surface area contributed by atoms with Crippen LogP contribution in [0.4, 0.5) is 8.78 Å². The lowest BCUT2D eigenvalue weighted by Gasteiger charge is -2.19. The molecule has 1 fully saturated rings. The third-order valence-electron chi connectivity index (χ3n) is 3.76. The molecule has 7 nitrogen and oxygen atoms in total. The molecule has 0 unspecified atom stereocenters. The molecule has 1 aliphatic heterocycles. The van der Waals surface area contributed by atoms with Crippen molar-refractivity contribution in [3.8, 4) is 0 Å². The highest BCUT2D eigenvalue weighted by Gasteiger charge is 2.27. The third-order valence-corrected chi connectivity index (χ3v) is 3.76. The average Bonchev–Trinajstić information content (AvgIpc) is 3.36. The molecule has 0 spiro atoms. The van der Waals surface area contributed by atoms with E-state index in [-0.39, 0.29) is 23.7 Å². The van der Waals surface area contributed by atoms with Gasteiger partial charge in [0.15, 0.2) is 0 Å². The van der Waals surface area contributed by atoms with Crippen LogP contribution in [0.3, 0.4) is 0 Å². The summed E-state index contributed by atoms with van der Waals surface area (Å²) in [5, 5.41) is 9.19. The first-order chi connectivity index (χ1) is 12.0. The van der Waals surface area contributed by atoms with Crippen LogP contribution in [0, 0.1) is 0 Å². The van der Waals surface area contributed by atoms with Gasteiger partial charge in [-0.25, -0.2) is 13.8 Å². The molecule has 3 rings (SSSR count). The number of aromatic nitrogens is 2. The fourth-order valence-electron chi connectivity index (χ4n) is 2.35. The van der Waals surface area contributed by atoms with E-state index in [9.17, 15) is 13.6 Å². The van der Waals surface area contributed by atoms with Gasteiger partial charge in [-0.15, -0.1) is 0 Å². The van der Waals surface area contributed by atoms with Crippen molar-refractivity contribution in [2.75, 3.05) is 0 Å². The Bertz CT molecular complexity index is 812. The van der Waals surface area contributed by atoms with E-state index in [2.05, 4.69) is 20.7 Å². The normalized spacial score (nSPS) is 17.2. The van der Waals surface area contributed by atoms with Crippen LogP contribution < -0.4 is 16.4 Å². The number of nitrogens with two attached hydrogens (primary N) is 1. The predicted molar refractivity (Wildman–Crippen MR) is 88.2 cm³/mol. The number of alkyl halides is 2. The van der Waals surface area contributed by atoms with E-state index in [1.807, 2.05) is 0 Å². The summed E-state index contributed by atoms with van der Waals surface area (Å²) in [6.45, 7) is 0.239. The zero-order chi connectivity index (χ0) is 18.0. The minimum atomic E-state index is -2.70. The second kappa shape index (κ2) is 6.88. The number of hydrogen-bond donors (Lipinski definition) is 3. The first-order valence-electron chi connectivity index (χ1n) is 7.73. The number of halogens is 2. The number of nitrogens with one attached hydrogen (secondary N) is 2. The second-order valence-corrected chi connectivity index (χ2v) is 5.76. The molecule has 1 saturated carbocycles. The lowest BCUT2D eigenvalue weighted by molar-refractivity contribution is -0.117. The van der Waals surface area contributed by atoms with E-state index in [1.165, 1.54) is 6.08 Å². The minimum Gasteiger partial charge on any atom is -0.404 e. The first-order valence-corrected chi connectivity index (χ1v) is 7.73. The van der Waals surface area contributed by atoms with Crippen molar-refractivity contribution >= 4 is 11.7 Å². The fraction of sp³-hybridized carbons (Fsp3) is 0.312. The van der Waals surface area contributed by atoms with Crippen LogP contribution in [0.1, 0.15) is 18.4 Å². The molecule has 1 aromatic heterocycles. The average molecular weight is 348 g/mol. The Morgan fingerprint density at radius 2 is 2.28 bits per heavy atom. The van der Waals surface area contributed by atoms with Crippen LogP contribution >= 0.6 is 0 Å². The smallest absolute Gasteiger partial charge is 0.278 e. The summed E-state index contributed by atoms with van der Waals surface area (Å²) >= 11 is 0. The van der Waals surface area contributed by atoms with Crippen molar-refractivity contribution in [1.82, 2.24) is 20.4 Å². The third kappa shape index (κ3) is 3.93. The van der Waals surface area contributed by atoms with Crippen molar-refractivity contribution in [3.05, 3.63) is 52.8 Å². The van der Waals surface area contributed by atoms with Gasteiger partial charge in [0.25, 0.3) is 12.3 Å². The summed E-state index contributed by atoms with van der Waals surface area (Å²) in [7, 11) is 1.77. The van der Waals surface area contributed by atoms with Gasteiger partial charge in [-0.1, -0.05) is 0 Å². The fourth-order valence-corrected chi connectivity index (χ4v) is 2.35. The van der Waals surface area contributed by atoms with E-state index in [0.29, 0.717) is 5.70 Å². The summed E-state index contributed by atoms with van der Waals surface area (Å²) in [6.07, 6.45) is 4.72. The Morgan fingerprint density at radius 1 is 1.52 bits per heavy atom. The molecule has 9 heteroatoms. The maximum absolute atomic E-state index is 13.1. The van der Waals surface area contributed by atoms with Crippen molar-refractivity contribution in [2.45, 2.75) is 25.8 Å². The summed E-state index contributed by atoms with van der Waals surface area (Å²) in [5.41, 5.74) is 7.54. The Hall–Kier alpha value is -2.97. The molecule has 2 aliphatic rings. The zero-order valence-electron chi connectivity index (χ0n) is 13.6. The summed E-state index contributed by atoms with van der Waals surface area (Å²) in [5.74, 6) is -0.480. The van der Waals surface area contributed by atoms with Gasteiger partial charge in [0.1, 0.15) is 5.84 Å². The molecular weight excluding hydrogens is 330 g/mol. The Morgan fingerprint density at radius 3 is 2.84 bits per heavy atom. The molecule has 0 saturated heterocycles. The number of aliphatic imine (C=N–C) groups is 1. The molecule has 1 aromatic rings. The van der Waals surface area contributed by atoms with Gasteiger partial charge >= 0.3 is 0 Å². The first kappa shape index (κ1) is 16.9. The largest absolute Gasteiger partial charge is 0.404 e. The molecule has 0 aromatic carbocycles. The van der Waals surface area contributed by atoms with Crippen LogP contribution in [0.5, 0.6) is 0 Å². The van der Waals surface area contributed by atoms with Crippen molar-refractivity contribution in [2.24, 2.45) is 17.8 Å². The van der Waals surface area contributed by atoms with E-state index in [0.717, 1.165) is 30.2 Å². The van der Waals surface area contributed by atoms with Crippen LogP contribution in [0.15, 0.2) is 52.2 Å². The van der Waals surface area contributed by atoms with Gasteiger partial charge in [-0.3, -0.25) is 9.48 Å². The lowest BCUT2D eigenvalue weighted by Crippen LogP contribution is -2.37. The van der Waals surface area contributed by atoms with E-state index in [1.54, 1.807) is 24.1 Å². The highest BCUT2D eigenvalue weighted by molar-refractivity contribution is 6.21. The summed E-state index contributed by atoms with van der Waals surface area (Å²) in [4.78, 5) is 16.7. The van der Waals surface area contributed by atoms with Gasteiger partial charge in [-0.2, -0.15) is 5.10 Å². The number of aryl methyl sites for hydroxylation is 1. The standard InChI is InChI=1S/C16H18F2N6O/c1-24-8-9(7-21-24)6-20-16(25)11(5-19)15-22-12(10-2-3-10)4-13(23-15)14(17)18/h4-5,7-8,14H,2-3,6,19H2,1H3,(H,20,25)(H,22,23). The second-order valence-electron chi connectivity index (χ2n) is 5.76. The quantitative estimate of drug-likeness (QED) is 0.694. The summed E-state index contributed by atoms with van der Waals surface area (Å²) < 4.78 is 27.9. The van der Waals surface area contributed by atoms with Gasteiger partial charge < -0.3 is 16.4 Å². The van der Waals surface area contributed by atoms with Crippen LogP contribution in [0.2, 0.25) is 0 Å². The maximum atomic E-state index is 13.1. The highest BCUT2D eigenvalue weighted by atomic mass is 19.3. The van der Waals surface area contributed by atoms with Crippen LogP contribution in [-0.4, -0.2) is 27.9 Å². The molecule has 2 heterocycles. The molecule has 25 heavy (non-hydrogen) atoms. The number of amidine groups is 1. The van der Waals surface area contributed by atoms with Gasteiger partial charge in [0.2, 0.25) is 0 Å². The van der Waals surface area contributed by atoms with E-state index >= 15 is 0 Å². The van der Waals surface area contributed by atoms with Crippen molar-refractivity contribution < 1.29 is 13.6 Å². The highest BCUT2D eigenvalue weighted by Crippen LogP contribution is 2.34. The number of allylic oxidation sites excluding steroid dienone is 3. The molecule has 0 atom stereocenters. The Labute approximate surface area is 143 Å². The number of hydrogen-bond acceptors (Lipinski definition) is 5. The van der Waals surface area contributed by atoms with E-state index < -0.39 is 12.3 Å². The van der Waals surface area contributed by atoms with Crippen LogP contribution in [-0.2, 0) is 18.4 Å². The lowest BCUT2D eigenvalue weighted by atomic mass is 10.1.